The first-order chi connectivity index (χ1) is 11.6. The summed E-state index contributed by atoms with van der Waals surface area (Å²) in [4.78, 5) is 20.2. The Labute approximate surface area is 137 Å². The molecule has 0 aliphatic carbocycles. The van der Waals surface area contributed by atoms with E-state index in [2.05, 4.69) is 20.2 Å². The van der Waals surface area contributed by atoms with Gasteiger partial charge in [-0.2, -0.15) is 5.10 Å². The number of fused-ring (bicyclic) bond motifs is 1. The second-order valence-electron chi connectivity index (χ2n) is 5.12. The van der Waals surface area contributed by atoms with E-state index in [0.29, 0.717) is 16.6 Å². The number of carbonyl (C=O) groups excluding carboxylic acids is 1. The maximum Gasteiger partial charge on any atom is 0.250 e. The summed E-state index contributed by atoms with van der Waals surface area (Å²) in [6.45, 7) is 1.92. The summed E-state index contributed by atoms with van der Waals surface area (Å²) < 4.78 is 0. The molecule has 1 amide bonds. The molecule has 0 spiro atoms. The number of hydrogen-bond acceptors (Lipinski definition) is 5. The standard InChI is InChI=1S/C17H16N6O/c1-2-3-4-13-10(9-22-23-13)7-11-15(18)12(17(19)24)8-14-16(11)21-6-5-20-14/h2-9,23H,18H2,1H3,(H2,19,24)/b3-2+,10-7+,13-4+. The normalized spacial score (nSPS) is 13.2. The molecule has 7 heteroatoms. The molecule has 3 aromatic rings. The number of allylic oxidation sites excluding steroid dienone is 2. The summed E-state index contributed by atoms with van der Waals surface area (Å²) in [7, 11) is 0. The van der Waals surface area contributed by atoms with E-state index in [9.17, 15) is 4.79 Å². The van der Waals surface area contributed by atoms with Gasteiger partial charge < -0.3 is 11.5 Å². The minimum atomic E-state index is -0.609. The van der Waals surface area contributed by atoms with Crippen molar-refractivity contribution in [2.75, 3.05) is 5.73 Å². The van der Waals surface area contributed by atoms with Gasteiger partial charge in [-0.15, -0.1) is 0 Å². The number of hydrogen-bond donors (Lipinski definition) is 3. The molecule has 0 aliphatic rings. The Hall–Kier alpha value is -3.48. The third-order valence-corrected chi connectivity index (χ3v) is 3.56. The molecule has 0 radical (unpaired) electrons. The fourth-order valence-corrected chi connectivity index (χ4v) is 2.40. The number of nitrogens with zero attached hydrogens (tertiary/aromatic N) is 3. The molecule has 120 valence electrons. The molecule has 0 aliphatic heterocycles. The Morgan fingerprint density at radius 1 is 1.29 bits per heavy atom. The smallest absolute Gasteiger partial charge is 0.250 e. The summed E-state index contributed by atoms with van der Waals surface area (Å²) in [5, 5.41) is 8.59. The van der Waals surface area contributed by atoms with Crippen LogP contribution in [0.1, 0.15) is 22.8 Å². The molecule has 1 aromatic carbocycles. The first kappa shape index (κ1) is 15.4. The quantitative estimate of drug-likeness (QED) is 0.596. The maximum absolute atomic E-state index is 11.7. The Morgan fingerprint density at radius 2 is 2.08 bits per heavy atom. The van der Waals surface area contributed by atoms with Crippen molar-refractivity contribution in [1.29, 1.82) is 0 Å². The van der Waals surface area contributed by atoms with Gasteiger partial charge in [-0.25, -0.2) is 0 Å². The third kappa shape index (κ3) is 2.74. The Balaban J connectivity index is 2.38. The SMILES string of the molecule is C/C=C/C=c1/[nH]nc/c1=C\c1c(N)c(C(N)=O)cc2nccnc12. The van der Waals surface area contributed by atoms with Gasteiger partial charge in [0, 0.05) is 23.2 Å². The summed E-state index contributed by atoms with van der Waals surface area (Å²) in [6, 6.07) is 1.56. The van der Waals surface area contributed by atoms with E-state index < -0.39 is 5.91 Å². The van der Waals surface area contributed by atoms with Crippen molar-refractivity contribution in [2.24, 2.45) is 5.73 Å². The zero-order valence-corrected chi connectivity index (χ0v) is 13.0. The number of nitrogen functional groups attached to an aromatic ring is 1. The first-order valence-corrected chi connectivity index (χ1v) is 7.29. The van der Waals surface area contributed by atoms with Crippen LogP contribution >= 0.6 is 0 Å². The second-order valence-corrected chi connectivity index (χ2v) is 5.12. The van der Waals surface area contributed by atoms with Gasteiger partial charge in [0.1, 0.15) is 0 Å². The molecular formula is C17H16N6O. The van der Waals surface area contributed by atoms with Gasteiger partial charge in [0.15, 0.2) is 0 Å². The molecule has 7 nitrogen and oxygen atoms in total. The Bertz CT molecular complexity index is 1060. The van der Waals surface area contributed by atoms with Crippen molar-refractivity contribution in [3.63, 3.8) is 0 Å². The van der Waals surface area contributed by atoms with Crippen molar-refractivity contribution in [1.82, 2.24) is 20.2 Å². The molecule has 0 unspecified atom stereocenters. The largest absolute Gasteiger partial charge is 0.398 e. The van der Waals surface area contributed by atoms with E-state index in [1.807, 2.05) is 31.2 Å². The molecule has 24 heavy (non-hydrogen) atoms. The van der Waals surface area contributed by atoms with Gasteiger partial charge in [-0.3, -0.25) is 19.9 Å². The molecule has 0 saturated carbocycles. The fraction of sp³-hybridized carbons (Fsp3) is 0.0588. The second kappa shape index (κ2) is 6.33. The predicted molar refractivity (Wildman–Crippen MR) is 93.2 cm³/mol. The molecule has 5 N–H and O–H groups in total. The Morgan fingerprint density at radius 3 is 2.83 bits per heavy atom. The number of aromatic nitrogens is 4. The average Bonchev–Trinajstić information content (AvgIpc) is 3.02. The zero-order chi connectivity index (χ0) is 17.1. The summed E-state index contributed by atoms with van der Waals surface area (Å²) in [5.41, 5.74) is 13.8. The number of H-pyrrole nitrogens is 1. The number of benzene rings is 1. The van der Waals surface area contributed by atoms with Crippen LogP contribution in [-0.4, -0.2) is 26.1 Å². The molecule has 0 fully saturated rings. The van der Waals surface area contributed by atoms with Gasteiger partial charge in [0.05, 0.1) is 33.8 Å². The monoisotopic (exact) mass is 320 g/mol. The molecule has 2 aromatic heterocycles. The highest BCUT2D eigenvalue weighted by Crippen LogP contribution is 2.25. The van der Waals surface area contributed by atoms with Crippen LogP contribution in [0.25, 0.3) is 23.2 Å². The van der Waals surface area contributed by atoms with Crippen molar-refractivity contribution in [3.05, 3.63) is 58.5 Å². The summed E-state index contributed by atoms with van der Waals surface area (Å²) >= 11 is 0. The van der Waals surface area contributed by atoms with Crippen LogP contribution in [0.3, 0.4) is 0 Å². The highest BCUT2D eigenvalue weighted by atomic mass is 16.1. The number of anilines is 1. The van der Waals surface area contributed by atoms with Crippen LogP contribution in [-0.2, 0) is 0 Å². The Kier molecular flexibility index (Phi) is 4.07. The van der Waals surface area contributed by atoms with Crippen LogP contribution < -0.4 is 22.0 Å². The van der Waals surface area contributed by atoms with Gasteiger partial charge in [-0.1, -0.05) is 12.2 Å². The summed E-state index contributed by atoms with van der Waals surface area (Å²) in [5.74, 6) is -0.609. The third-order valence-electron chi connectivity index (χ3n) is 3.56. The molecule has 3 rings (SSSR count). The predicted octanol–water partition coefficient (Wildman–Crippen LogP) is 0.219. The fourth-order valence-electron chi connectivity index (χ4n) is 2.40. The molecule has 0 bridgehead atoms. The molecule has 2 heterocycles. The van der Waals surface area contributed by atoms with Gasteiger partial charge in [-0.05, 0) is 25.1 Å². The minimum absolute atomic E-state index is 0.219. The van der Waals surface area contributed by atoms with Gasteiger partial charge >= 0.3 is 0 Å². The maximum atomic E-state index is 11.7. The van der Waals surface area contributed by atoms with Gasteiger partial charge in [0.25, 0.3) is 5.91 Å². The first-order valence-electron chi connectivity index (χ1n) is 7.29. The summed E-state index contributed by atoms with van der Waals surface area (Å²) in [6.07, 6.45) is 12.3. The lowest BCUT2D eigenvalue weighted by molar-refractivity contribution is 0.100. The van der Waals surface area contributed by atoms with Crippen molar-refractivity contribution in [2.45, 2.75) is 6.92 Å². The van der Waals surface area contributed by atoms with Crippen molar-refractivity contribution < 1.29 is 4.79 Å². The van der Waals surface area contributed by atoms with Crippen LogP contribution in [0.2, 0.25) is 0 Å². The van der Waals surface area contributed by atoms with E-state index in [0.717, 1.165) is 10.6 Å². The highest BCUT2D eigenvalue weighted by molar-refractivity contribution is 6.05. The van der Waals surface area contributed by atoms with E-state index in [-0.39, 0.29) is 11.3 Å². The van der Waals surface area contributed by atoms with Crippen LogP contribution in [0.5, 0.6) is 0 Å². The van der Waals surface area contributed by atoms with Crippen LogP contribution in [0.4, 0.5) is 5.69 Å². The number of nitrogens with two attached hydrogens (primary N) is 2. The lowest BCUT2D eigenvalue weighted by Gasteiger charge is -2.08. The lowest BCUT2D eigenvalue weighted by Crippen LogP contribution is -2.22. The zero-order valence-electron chi connectivity index (χ0n) is 13.0. The average molecular weight is 320 g/mol. The minimum Gasteiger partial charge on any atom is -0.398 e. The number of aromatic amines is 1. The van der Waals surface area contributed by atoms with E-state index in [4.69, 9.17) is 11.5 Å². The van der Waals surface area contributed by atoms with Crippen molar-refractivity contribution >= 4 is 34.8 Å². The van der Waals surface area contributed by atoms with E-state index in [1.54, 1.807) is 24.7 Å². The van der Waals surface area contributed by atoms with Gasteiger partial charge in [0.2, 0.25) is 0 Å². The number of carbonyl (C=O) groups is 1. The molecular weight excluding hydrogens is 304 g/mol. The molecule has 0 saturated heterocycles. The molecule has 0 atom stereocenters. The number of amides is 1. The van der Waals surface area contributed by atoms with Crippen molar-refractivity contribution in [3.8, 4) is 0 Å². The van der Waals surface area contributed by atoms with E-state index in [1.165, 1.54) is 0 Å². The van der Waals surface area contributed by atoms with Crippen LogP contribution in [0.15, 0.2) is 36.8 Å². The number of primary amides is 1. The van der Waals surface area contributed by atoms with Crippen LogP contribution in [0, 0.1) is 0 Å². The lowest BCUT2D eigenvalue weighted by atomic mass is 10.0. The topological polar surface area (TPSA) is 124 Å². The highest BCUT2D eigenvalue weighted by Gasteiger charge is 2.14. The number of rotatable bonds is 3. The number of nitrogens with one attached hydrogen (secondary N) is 1. The van der Waals surface area contributed by atoms with E-state index >= 15 is 0 Å².